The zero-order valence-corrected chi connectivity index (χ0v) is 22.3. The smallest absolute Gasteiger partial charge is 0.252 e. The number of aromatic nitrogens is 1. The van der Waals surface area contributed by atoms with E-state index in [1.165, 1.54) is 27.0 Å². The van der Waals surface area contributed by atoms with Crippen LogP contribution in [0.5, 0.6) is 5.75 Å². The number of sulfonamides is 1. The van der Waals surface area contributed by atoms with Gasteiger partial charge in [-0.2, -0.15) is 4.31 Å². The van der Waals surface area contributed by atoms with E-state index in [2.05, 4.69) is 0 Å². The normalized spacial score (nSPS) is 15.2. The van der Waals surface area contributed by atoms with E-state index >= 15 is 0 Å². The highest BCUT2D eigenvalue weighted by Gasteiger charge is 2.35. The van der Waals surface area contributed by atoms with E-state index < -0.39 is 10.0 Å². The molecule has 5 rings (SSSR count). The van der Waals surface area contributed by atoms with Gasteiger partial charge in [-0.1, -0.05) is 53.8 Å². The summed E-state index contributed by atoms with van der Waals surface area (Å²) in [7, 11) is -3.51. The Morgan fingerprint density at radius 3 is 2.56 bits per heavy atom. The highest BCUT2D eigenvalue weighted by molar-refractivity contribution is 7.91. The monoisotopic (exact) mass is 541 g/mol. The van der Waals surface area contributed by atoms with E-state index in [1.807, 2.05) is 55.5 Å². The molecule has 4 aromatic rings. The van der Waals surface area contributed by atoms with Crippen molar-refractivity contribution in [2.75, 3.05) is 24.6 Å². The van der Waals surface area contributed by atoms with Crippen LogP contribution in [0.3, 0.4) is 0 Å². The van der Waals surface area contributed by atoms with E-state index in [-0.39, 0.29) is 11.8 Å². The minimum Gasteiger partial charge on any atom is -0.492 e. The van der Waals surface area contributed by atoms with E-state index in [0.717, 1.165) is 15.8 Å². The molecule has 0 saturated carbocycles. The number of hydrogen-bond donors (Lipinski definition) is 0. The Labute approximate surface area is 219 Å². The molecule has 0 radical (unpaired) electrons. The van der Waals surface area contributed by atoms with Crippen LogP contribution in [0.25, 0.3) is 10.2 Å². The number of thiazole rings is 1. The first kappa shape index (κ1) is 24.9. The molecule has 3 heterocycles. The lowest BCUT2D eigenvalue weighted by Crippen LogP contribution is -2.44. The molecular weight excluding hydrogens is 515 g/mol. The highest BCUT2D eigenvalue weighted by atomic mass is 32.2. The molecule has 10 heteroatoms. The standard InChI is InChI=1S/C26H27N3O4S3/c1-2-33-21-10-6-11-22-24(21)27-26(35-22)29(18-19-8-4-3-5-9-19)25(30)20-13-15-28(16-14-20)36(31,32)23-12-7-17-34-23/h3-12,17,20H,2,13-16,18H2,1H3. The number of amides is 1. The summed E-state index contributed by atoms with van der Waals surface area (Å²) in [4.78, 5) is 20.5. The van der Waals surface area contributed by atoms with Gasteiger partial charge in [-0.15, -0.1) is 11.3 Å². The van der Waals surface area contributed by atoms with Gasteiger partial charge < -0.3 is 4.74 Å². The van der Waals surface area contributed by atoms with Crippen LogP contribution in [0.4, 0.5) is 5.13 Å². The number of carbonyl (C=O) groups excluding carboxylic acids is 1. The molecule has 0 atom stereocenters. The summed E-state index contributed by atoms with van der Waals surface area (Å²) in [5.41, 5.74) is 1.76. The second kappa shape index (κ2) is 10.7. The Bertz CT molecular complexity index is 1430. The topological polar surface area (TPSA) is 79.8 Å². The number of hydrogen-bond acceptors (Lipinski definition) is 7. The maximum absolute atomic E-state index is 13.9. The van der Waals surface area contributed by atoms with Gasteiger partial charge in [0.2, 0.25) is 5.91 Å². The van der Waals surface area contributed by atoms with Crippen LogP contribution in [-0.4, -0.2) is 43.3 Å². The van der Waals surface area contributed by atoms with Crippen molar-refractivity contribution in [2.45, 2.75) is 30.5 Å². The zero-order chi connectivity index (χ0) is 25.1. The number of benzene rings is 2. The van der Waals surface area contributed by atoms with Gasteiger partial charge in [-0.25, -0.2) is 13.4 Å². The summed E-state index contributed by atoms with van der Waals surface area (Å²) in [6.45, 7) is 3.51. The maximum atomic E-state index is 13.9. The number of rotatable bonds is 8. The number of carbonyl (C=O) groups is 1. The lowest BCUT2D eigenvalue weighted by molar-refractivity contribution is -0.123. The van der Waals surface area contributed by atoms with Gasteiger partial charge >= 0.3 is 0 Å². The molecular formula is C26H27N3O4S3. The second-order valence-corrected chi connectivity index (χ2v) is 12.7. The third-order valence-electron chi connectivity index (χ3n) is 6.24. The fourth-order valence-corrected chi connectivity index (χ4v) is 8.01. The zero-order valence-electron chi connectivity index (χ0n) is 19.9. The molecule has 188 valence electrons. The average Bonchev–Trinajstić information content (AvgIpc) is 3.59. The molecule has 0 aliphatic carbocycles. The fourth-order valence-electron chi connectivity index (χ4n) is 4.41. The molecule has 0 bridgehead atoms. The van der Waals surface area contributed by atoms with E-state index in [9.17, 15) is 13.2 Å². The van der Waals surface area contributed by atoms with E-state index in [0.29, 0.717) is 54.2 Å². The van der Waals surface area contributed by atoms with Gasteiger partial charge in [0.05, 0.1) is 17.9 Å². The largest absolute Gasteiger partial charge is 0.492 e. The Morgan fingerprint density at radius 2 is 1.86 bits per heavy atom. The fraction of sp³-hybridized carbons (Fsp3) is 0.308. The van der Waals surface area contributed by atoms with Crippen molar-refractivity contribution in [3.05, 3.63) is 71.6 Å². The SMILES string of the molecule is CCOc1cccc2sc(N(Cc3ccccc3)C(=O)C3CCN(S(=O)(=O)c4cccs4)CC3)nc12. The van der Waals surface area contributed by atoms with Crippen LogP contribution < -0.4 is 9.64 Å². The first-order chi connectivity index (χ1) is 17.5. The molecule has 2 aromatic carbocycles. The van der Waals surface area contributed by atoms with Crippen LogP contribution in [-0.2, 0) is 21.4 Å². The first-order valence-corrected chi connectivity index (χ1v) is 15.0. The van der Waals surface area contributed by atoms with Gasteiger partial charge in [-0.05, 0) is 48.9 Å². The van der Waals surface area contributed by atoms with Crippen LogP contribution in [0.1, 0.15) is 25.3 Å². The molecule has 1 aliphatic rings. The number of nitrogens with zero attached hydrogens (tertiary/aromatic N) is 3. The third kappa shape index (κ3) is 5.04. The molecule has 1 amide bonds. The molecule has 1 fully saturated rings. The number of anilines is 1. The van der Waals surface area contributed by atoms with Crippen LogP contribution in [0, 0.1) is 5.92 Å². The Balaban J connectivity index is 1.40. The summed E-state index contributed by atoms with van der Waals surface area (Å²) in [6.07, 6.45) is 0.952. The van der Waals surface area contributed by atoms with Gasteiger partial charge in [0.15, 0.2) is 5.13 Å². The van der Waals surface area contributed by atoms with Crippen molar-refractivity contribution >= 4 is 54.0 Å². The van der Waals surface area contributed by atoms with E-state index in [1.54, 1.807) is 22.4 Å². The quantitative estimate of drug-likeness (QED) is 0.299. The number of piperidine rings is 1. The number of para-hydroxylation sites is 1. The predicted octanol–water partition coefficient (Wildman–Crippen LogP) is 5.39. The Hall–Kier alpha value is -2.79. The summed E-state index contributed by atoms with van der Waals surface area (Å²) in [6, 6.07) is 19.0. The average molecular weight is 542 g/mol. The molecule has 1 aliphatic heterocycles. The Kier molecular flexibility index (Phi) is 7.38. The van der Waals surface area contributed by atoms with Gasteiger partial charge in [0.25, 0.3) is 10.0 Å². The van der Waals surface area contributed by atoms with Crippen LogP contribution in [0.15, 0.2) is 70.3 Å². The minimum atomic E-state index is -3.51. The summed E-state index contributed by atoms with van der Waals surface area (Å²) in [5, 5.41) is 2.39. The maximum Gasteiger partial charge on any atom is 0.252 e. The van der Waals surface area contributed by atoms with E-state index in [4.69, 9.17) is 9.72 Å². The molecule has 1 saturated heterocycles. The molecule has 7 nitrogen and oxygen atoms in total. The van der Waals surface area contributed by atoms with Gasteiger partial charge in [0, 0.05) is 19.0 Å². The highest BCUT2D eigenvalue weighted by Crippen LogP contribution is 2.36. The number of thiophene rings is 1. The molecule has 0 N–H and O–H groups in total. The van der Waals surface area contributed by atoms with Crippen molar-refractivity contribution in [1.29, 1.82) is 0 Å². The molecule has 2 aromatic heterocycles. The van der Waals surface area contributed by atoms with Crippen molar-refractivity contribution in [3.8, 4) is 5.75 Å². The van der Waals surface area contributed by atoms with Crippen molar-refractivity contribution < 1.29 is 17.9 Å². The molecule has 36 heavy (non-hydrogen) atoms. The van der Waals surface area contributed by atoms with Crippen LogP contribution in [0.2, 0.25) is 0 Å². The summed E-state index contributed by atoms with van der Waals surface area (Å²) < 4.78 is 34.4. The van der Waals surface area contributed by atoms with Gasteiger partial charge in [-0.3, -0.25) is 9.69 Å². The summed E-state index contributed by atoms with van der Waals surface area (Å²) in [5.74, 6) is 0.405. The van der Waals surface area contributed by atoms with Crippen LogP contribution >= 0.6 is 22.7 Å². The van der Waals surface area contributed by atoms with Crippen molar-refractivity contribution in [3.63, 3.8) is 0 Å². The number of fused-ring (bicyclic) bond motifs is 1. The van der Waals surface area contributed by atoms with Gasteiger partial charge in [0.1, 0.15) is 15.5 Å². The number of ether oxygens (including phenoxy) is 1. The second-order valence-electron chi connectivity index (χ2n) is 8.55. The minimum absolute atomic E-state index is 0.0240. The first-order valence-electron chi connectivity index (χ1n) is 11.9. The van der Waals surface area contributed by atoms with Crippen molar-refractivity contribution in [1.82, 2.24) is 9.29 Å². The molecule has 0 unspecified atom stereocenters. The third-order valence-corrected chi connectivity index (χ3v) is 10.6. The summed E-state index contributed by atoms with van der Waals surface area (Å²) >= 11 is 2.69. The lowest BCUT2D eigenvalue weighted by atomic mass is 9.96. The predicted molar refractivity (Wildman–Crippen MR) is 144 cm³/mol. The lowest BCUT2D eigenvalue weighted by Gasteiger charge is -2.32. The molecule has 0 spiro atoms. The van der Waals surface area contributed by atoms with Crippen molar-refractivity contribution in [2.24, 2.45) is 5.92 Å². The Morgan fingerprint density at radius 1 is 1.08 bits per heavy atom.